The van der Waals surface area contributed by atoms with Gasteiger partial charge in [0.2, 0.25) is 0 Å². The van der Waals surface area contributed by atoms with E-state index in [1.54, 1.807) is 54.6 Å². The van der Waals surface area contributed by atoms with E-state index < -0.39 is 16.0 Å². The van der Waals surface area contributed by atoms with Crippen LogP contribution in [0.2, 0.25) is 5.02 Å². The van der Waals surface area contributed by atoms with Gasteiger partial charge in [0.05, 0.1) is 16.7 Å². The lowest BCUT2D eigenvalue weighted by Gasteiger charge is -2.06. The molecule has 0 aliphatic carbocycles. The molecule has 0 heterocycles. The molecular formula is C24H17ClN2O4S. The zero-order chi connectivity index (χ0) is 22.6. The van der Waals surface area contributed by atoms with Crippen LogP contribution in [0.15, 0.2) is 101 Å². The van der Waals surface area contributed by atoms with E-state index in [4.69, 9.17) is 16.3 Å². The smallest absolute Gasteiger partial charge is 0.343 e. The highest BCUT2D eigenvalue weighted by Gasteiger charge is 2.13. The van der Waals surface area contributed by atoms with Gasteiger partial charge in [0.15, 0.2) is 0 Å². The van der Waals surface area contributed by atoms with Crippen LogP contribution in [0.1, 0.15) is 15.9 Å². The topological polar surface area (TPSA) is 84.8 Å². The molecule has 0 fully saturated rings. The molecule has 0 spiro atoms. The third-order valence-electron chi connectivity index (χ3n) is 4.57. The van der Waals surface area contributed by atoms with Crippen molar-refractivity contribution in [2.24, 2.45) is 5.10 Å². The van der Waals surface area contributed by atoms with Crippen LogP contribution in [0.25, 0.3) is 10.8 Å². The number of nitrogens with one attached hydrogen (secondary N) is 1. The molecule has 0 saturated carbocycles. The Kier molecular flexibility index (Phi) is 6.20. The van der Waals surface area contributed by atoms with Crippen LogP contribution in [0.3, 0.4) is 0 Å². The molecule has 8 heteroatoms. The van der Waals surface area contributed by atoms with Crippen molar-refractivity contribution in [3.63, 3.8) is 0 Å². The number of sulfonamides is 1. The van der Waals surface area contributed by atoms with Gasteiger partial charge in [0, 0.05) is 5.02 Å². The Balaban J connectivity index is 1.40. The summed E-state index contributed by atoms with van der Waals surface area (Å²) in [4.78, 5) is 14.5. The van der Waals surface area contributed by atoms with Gasteiger partial charge in [-0.25, -0.2) is 9.63 Å². The molecule has 0 aromatic heterocycles. The van der Waals surface area contributed by atoms with E-state index in [9.17, 15) is 13.2 Å². The first-order valence-corrected chi connectivity index (χ1v) is 11.4. The second-order valence-corrected chi connectivity index (χ2v) is 8.93. The van der Waals surface area contributed by atoms with E-state index >= 15 is 0 Å². The Hall–Kier alpha value is -3.68. The van der Waals surface area contributed by atoms with Crippen LogP contribution in [-0.2, 0) is 10.0 Å². The Morgan fingerprint density at radius 2 is 1.62 bits per heavy atom. The van der Waals surface area contributed by atoms with Crippen molar-refractivity contribution in [2.75, 3.05) is 0 Å². The number of ether oxygens (including phenoxy) is 1. The van der Waals surface area contributed by atoms with Gasteiger partial charge in [-0.05, 0) is 70.9 Å². The van der Waals surface area contributed by atoms with Gasteiger partial charge in [-0.2, -0.15) is 13.5 Å². The highest BCUT2D eigenvalue weighted by atomic mass is 35.5. The first-order valence-electron chi connectivity index (χ1n) is 9.52. The van der Waals surface area contributed by atoms with E-state index in [1.807, 2.05) is 24.3 Å². The van der Waals surface area contributed by atoms with E-state index in [-0.39, 0.29) is 4.90 Å². The van der Waals surface area contributed by atoms with Crippen molar-refractivity contribution < 1.29 is 17.9 Å². The number of esters is 1. The lowest BCUT2D eigenvalue weighted by atomic mass is 10.1. The maximum absolute atomic E-state index is 12.5. The van der Waals surface area contributed by atoms with Crippen LogP contribution in [-0.4, -0.2) is 20.6 Å². The van der Waals surface area contributed by atoms with E-state index in [0.29, 0.717) is 21.9 Å². The van der Waals surface area contributed by atoms with Gasteiger partial charge >= 0.3 is 5.97 Å². The number of rotatable bonds is 6. The number of nitrogens with zero attached hydrogens (tertiary/aromatic N) is 1. The molecule has 0 saturated heterocycles. The first-order chi connectivity index (χ1) is 15.4. The predicted molar refractivity (Wildman–Crippen MR) is 125 cm³/mol. The van der Waals surface area contributed by atoms with Crippen LogP contribution >= 0.6 is 11.6 Å². The zero-order valence-corrected chi connectivity index (χ0v) is 18.2. The molecule has 32 heavy (non-hydrogen) atoms. The van der Waals surface area contributed by atoms with E-state index in [0.717, 1.165) is 10.8 Å². The molecule has 1 N–H and O–H groups in total. The molecule has 0 aliphatic heterocycles. The monoisotopic (exact) mass is 464 g/mol. The van der Waals surface area contributed by atoms with Crippen LogP contribution < -0.4 is 9.57 Å². The van der Waals surface area contributed by atoms with Crippen molar-refractivity contribution in [3.05, 3.63) is 107 Å². The average molecular weight is 465 g/mol. The standard InChI is InChI=1S/C24H17ClN2O4S/c25-21-7-3-6-20(14-21)24(28)31-22-11-8-17(9-12-22)16-26-27-32(29,30)23-13-10-18-4-1-2-5-19(18)15-23/h1-16,27H. The van der Waals surface area contributed by atoms with Gasteiger partial charge in [-0.1, -0.05) is 48.0 Å². The first kappa shape index (κ1) is 21.5. The number of hydrazone groups is 1. The van der Waals surface area contributed by atoms with Gasteiger partial charge < -0.3 is 4.74 Å². The summed E-state index contributed by atoms with van der Waals surface area (Å²) < 4.78 is 30.3. The summed E-state index contributed by atoms with van der Waals surface area (Å²) in [5, 5.41) is 6.05. The number of hydrogen-bond acceptors (Lipinski definition) is 5. The number of fused-ring (bicyclic) bond motifs is 1. The van der Waals surface area contributed by atoms with Gasteiger partial charge in [-0.3, -0.25) is 0 Å². The number of carbonyl (C=O) groups is 1. The Labute approximate surface area is 190 Å². The van der Waals surface area contributed by atoms with E-state index in [1.165, 1.54) is 18.3 Å². The van der Waals surface area contributed by atoms with Gasteiger partial charge in [0.25, 0.3) is 10.0 Å². The van der Waals surface area contributed by atoms with Crippen LogP contribution in [0, 0.1) is 0 Å². The van der Waals surface area contributed by atoms with Crippen LogP contribution in [0.4, 0.5) is 0 Å². The highest BCUT2D eigenvalue weighted by molar-refractivity contribution is 7.89. The molecule has 0 aliphatic rings. The molecule has 0 bridgehead atoms. The maximum atomic E-state index is 12.5. The van der Waals surface area contributed by atoms with Gasteiger partial charge in [-0.15, -0.1) is 0 Å². The lowest BCUT2D eigenvalue weighted by molar-refractivity contribution is 0.0734. The highest BCUT2D eigenvalue weighted by Crippen LogP contribution is 2.19. The maximum Gasteiger partial charge on any atom is 0.343 e. The predicted octanol–water partition coefficient (Wildman–Crippen LogP) is 5.02. The number of hydrogen-bond donors (Lipinski definition) is 1. The van der Waals surface area contributed by atoms with E-state index in [2.05, 4.69) is 9.93 Å². The summed E-state index contributed by atoms with van der Waals surface area (Å²) in [7, 11) is -3.81. The minimum atomic E-state index is -3.81. The van der Waals surface area contributed by atoms with Gasteiger partial charge in [0.1, 0.15) is 5.75 Å². The lowest BCUT2D eigenvalue weighted by Crippen LogP contribution is -2.18. The zero-order valence-electron chi connectivity index (χ0n) is 16.6. The molecule has 6 nitrogen and oxygen atoms in total. The van der Waals surface area contributed by atoms with Crippen LogP contribution in [0.5, 0.6) is 5.75 Å². The summed E-state index contributed by atoms with van der Waals surface area (Å²) in [6.07, 6.45) is 1.36. The molecule has 0 amide bonds. The number of halogens is 1. The van der Waals surface area contributed by atoms with Crippen molar-refractivity contribution in [1.82, 2.24) is 4.83 Å². The minimum absolute atomic E-state index is 0.122. The van der Waals surface area contributed by atoms with Crippen molar-refractivity contribution in [3.8, 4) is 5.75 Å². The fraction of sp³-hybridized carbons (Fsp3) is 0. The van der Waals surface area contributed by atoms with Crippen molar-refractivity contribution in [2.45, 2.75) is 4.90 Å². The normalized spacial score (nSPS) is 11.5. The fourth-order valence-electron chi connectivity index (χ4n) is 2.96. The molecule has 4 aromatic carbocycles. The largest absolute Gasteiger partial charge is 0.423 e. The molecular weight excluding hydrogens is 448 g/mol. The number of carbonyl (C=O) groups excluding carboxylic acids is 1. The Morgan fingerprint density at radius 1 is 0.875 bits per heavy atom. The molecule has 4 aromatic rings. The Bertz CT molecular complexity index is 1420. The van der Waals surface area contributed by atoms with Crippen molar-refractivity contribution in [1.29, 1.82) is 0 Å². The molecule has 0 atom stereocenters. The molecule has 0 unspecified atom stereocenters. The second kappa shape index (κ2) is 9.21. The fourth-order valence-corrected chi connectivity index (χ4v) is 3.98. The minimum Gasteiger partial charge on any atom is -0.423 e. The third kappa shape index (κ3) is 5.14. The Morgan fingerprint density at radius 3 is 2.38 bits per heavy atom. The molecule has 0 radical (unpaired) electrons. The van der Waals surface area contributed by atoms with Crippen molar-refractivity contribution >= 4 is 44.6 Å². The number of benzene rings is 4. The quantitative estimate of drug-likeness (QED) is 0.188. The summed E-state index contributed by atoms with van der Waals surface area (Å²) in [6.45, 7) is 0. The summed E-state index contributed by atoms with van der Waals surface area (Å²) in [5.41, 5.74) is 0.958. The SMILES string of the molecule is O=C(Oc1ccc(C=NNS(=O)(=O)c2ccc3ccccc3c2)cc1)c1cccc(Cl)c1. The molecule has 160 valence electrons. The summed E-state index contributed by atoms with van der Waals surface area (Å²) in [6, 6.07) is 25.3. The summed E-state index contributed by atoms with van der Waals surface area (Å²) >= 11 is 5.89. The molecule has 4 rings (SSSR count). The second-order valence-electron chi connectivity index (χ2n) is 6.83. The average Bonchev–Trinajstić information content (AvgIpc) is 2.80. The summed E-state index contributed by atoms with van der Waals surface area (Å²) in [5.74, 6) is -0.194. The third-order valence-corrected chi connectivity index (χ3v) is 6.02.